The second kappa shape index (κ2) is 9.35. The van der Waals surface area contributed by atoms with Gasteiger partial charge in [-0.15, -0.1) is 0 Å². The second-order valence-electron chi connectivity index (χ2n) is 7.74. The lowest BCUT2D eigenvalue weighted by Crippen LogP contribution is -2.42. The lowest BCUT2D eigenvalue weighted by atomic mass is 9.91. The summed E-state index contributed by atoms with van der Waals surface area (Å²) in [6.45, 7) is 6.12. The normalized spacial score (nSPS) is 22.3. The molecular weight excluding hydrogens is 342 g/mol. The van der Waals surface area contributed by atoms with E-state index >= 15 is 0 Å². The van der Waals surface area contributed by atoms with Crippen molar-refractivity contribution < 1.29 is 9.53 Å². The fourth-order valence-corrected chi connectivity index (χ4v) is 4.35. The van der Waals surface area contributed by atoms with E-state index in [0.29, 0.717) is 18.6 Å². The van der Waals surface area contributed by atoms with E-state index in [2.05, 4.69) is 19.8 Å². The van der Waals surface area contributed by atoms with Crippen molar-refractivity contribution in [2.45, 2.75) is 51.0 Å². The maximum atomic E-state index is 12.0. The van der Waals surface area contributed by atoms with Gasteiger partial charge in [-0.1, -0.05) is 0 Å². The van der Waals surface area contributed by atoms with Gasteiger partial charge in [0.2, 0.25) is 0 Å². The van der Waals surface area contributed by atoms with Crippen LogP contribution < -0.4 is 4.90 Å². The molecule has 0 aromatic carbocycles. The van der Waals surface area contributed by atoms with Gasteiger partial charge in [-0.25, -0.2) is 9.78 Å². The van der Waals surface area contributed by atoms with Gasteiger partial charge in [0.15, 0.2) is 0 Å². The highest BCUT2D eigenvalue weighted by atomic mass is 16.6. The number of carbonyl (C=O) groups is 1. The topological polar surface area (TPSA) is 61.8 Å². The molecule has 1 unspecified atom stereocenters. The fraction of sp³-hybridized carbons (Fsp3) is 0.750. The van der Waals surface area contributed by atoms with Crippen LogP contribution in [0.5, 0.6) is 0 Å². The van der Waals surface area contributed by atoms with Crippen LogP contribution >= 0.6 is 0 Å². The maximum absolute atomic E-state index is 12.0. The molecule has 0 spiro atoms. The van der Waals surface area contributed by atoms with E-state index in [0.717, 1.165) is 69.8 Å². The van der Waals surface area contributed by atoms with Crippen LogP contribution in [0.1, 0.15) is 50.6 Å². The van der Waals surface area contributed by atoms with Crippen molar-refractivity contribution in [3.8, 4) is 0 Å². The van der Waals surface area contributed by atoms with E-state index in [1.807, 2.05) is 32.1 Å². The van der Waals surface area contributed by atoms with Crippen molar-refractivity contribution in [1.29, 1.82) is 0 Å². The summed E-state index contributed by atoms with van der Waals surface area (Å²) in [7, 11) is 4.06. The zero-order chi connectivity index (χ0) is 19.2. The monoisotopic (exact) mass is 375 g/mol. The Labute approximate surface area is 162 Å². The minimum Gasteiger partial charge on any atom is -0.450 e. The number of hydrogen-bond donors (Lipinski definition) is 0. The van der Waals surface area contributed by atoms with Crippen LogP contribution in [0.25, 0.3) is 0 Å². The first kappa shape index (κ1) is 19.9. The third-order valence-corrected chi connectivity index (χ3v) is 5.79. The first-order valence-electron chi connectivity index (χ1n) is 10.2. The number of carbonyl (C=O) groups excluding carboxylic acids is 1. The summed E-state index contributed by atoms with van der Waals surface area (Å²) in [5.74, 6) is 1.48. The molecule has 3 heterocycles. The van der Waals surface area contributed by atoms with E-state index < -0.39 is 0 Å². The van der Waals surface area contributed by atoms with E-state index in [4.69, 9.17) is 4.74 Å². The molecule has 0 bridgehead atoms. The molecule has 7 nitrogen and oxygen atoms in total. The molecule has 2 aliphatic heterocycles. The largest absolute Gasteiger partial charge is 0.450 e. The van der Waals surface area contributed by atoms with Gasteiger partial charge in [0.1, 0.15) is 5.82 Å². The van der Waals surface area contributed by atoms with Gasteiger partial charge in [0, 0.05) is 51.5 Å². The lowest BCUT2D eigenvalue weighted by Gasteiger charge is -2.37. The van der Waals surface area contributed by atoms with Gasteiger partial charge in [0.05, 0.1) is 12.3 Å². The van der Waals surface area contributed by atoms with Gasteiger partial charge in [0.25, 0.3) is 0 Å². The van der Waals surface area contributed by atoms with Gasteiger partial charge in [-0.3, -0.25) is 4.98 Å². The van der Waals surface area contributed by atoms with Crippen molar-refractivity contribution in [2.75, 3.05) is 51.8 Å². The van der Waals surface area contributed by atoms with Crippen LogP contribution in [0, 0.1) is 0 Å². The van der Waals surface area contributed by atoms with Crippen molar-refractivity contribution in [3.63, 3.8) is 0 Å². The molecule has 0 aliphatic carbocycles. The predicted octanol–water partition coefficient (Wildman–Crippen LogP) is 2.73. The Kier molecular flexibility index (Phi) is 6.88. The Bertz CT molecular complexity index is 616. The molecular formula is C20H33N5O2. The number of amides is 1. The highest BCUT2D eigenvalue weighted by Gasteiger charge is 2.30. The summed E-state index contributed by atoms with van der Waals surface area (Å²) < 4.78 is 5.17. The predicted molar refractivity (Wildman–Crippen MR) is 106 cm³/mol. The van der Waals surface area contributed by atoms with Crippen LogP contribution in [0.3, 0.4) is 0 Å². The zero-order valence-corrected chi connectivity index (χ0v) is 16.9. The number of anilines is 1. The van der Waals surface area contributed by atoms with E-state index in [9.17, 15) is 4.79 Å². The van der Waals surface area contributed by atoms with Crippen LogP contribution in [0.4, 0.5) is 10.6 Å². The second-order valence-corrected chi connectivity index (χ2v) is 7.74. The number of aromatic nitrogens is 2. The summed E-state index contributed by atoms with van der Waals surface area (Å²) in [5, 5.41) is 0. The number of rotatable bonds is 4. The summed E-state index contributed by atoms with van der Waals surface area (Å²) >= 11 is 0. The molecule has 0 saturated carbocycles. The highest BCUT2D eigenvalue weighted by molar-refractivity contribution is 5.67. The lowest BCUT2D eigenvalue weighted by molar-refractivity contribution is 0.105. The molecule has 1 amide bonds. The van der Waals surface area contributed by atoms with Crippen LogP contribution in [-0.4, -0.2) is 78.8 Å². The van der Waals surface area contributed by atoms with Crippen LogP contribution in [0.15, 0.2) is 12.4 Å². The average molecular weight is 376 g/mol. The summed E-state index contributed by atoms with van der Waals surface area (Å²) in [4.78, 5) is 27.7. The molecule has 0 N–H and O–H groups in total. The fourth-order valence-electron chi connectivity index (χ4n) is 4.35. The Morgan fingerprint density at radius 3 is 2.56 bits per heavy atom. The molecule has 1 aromatic heterocycles. The quantitative estimate of drug-likeness (QED) is 0.806. The first-order valence-corrected chi connectivity index (χ1v) is 10.2. The van der Waals surface area contributed by atoms with Crippen LogP contribution in [-0.2, 0) is 4.74 Å². The van der Waals surface area contributed by atoms with Crippen molar-refractivity contribution in [2.24, 2.45) is 0 Å². The average Bonchev–Trinajstić information content (AvgIpc) is 2.95. The zero-order valence-electron chi connectivity index (χ0n) is 16.9. The Hall–Kier alpha value is -1.89. The molecule has 3 rings (SSSR count). The van der Waals surface area contributed by atoms with Crippen molar-refractivity contribution in [3.05, 3.63) is 18.1 Å². The molecule has 7 heteroatoms. The third kappa shape index (κ3) is 4.89. The number of hydrogen-bond acceptors (Lipinski definition) is 6. The van der Waals surface area contributed by atoms with E-state index in [-0.39, 0.29) is 6.09 Å². The molecule has 2 aliphatic rings. The minimum absolute atomic E-state index is 0.157. The molecule has 2 saturated heterocycles. The molecule has 27 heavy (non-hydrogen) atoms. The van der Waals surface area contributed by atoms with Crippen molar-refractivity contribution >= 4 is 11.9 Å². The van der Waals surface area contributed by atoms with E-state index in [1.54, 1.807) is 6.20 Å². The third-order valence-electron chi connectivity index (χ3n) is 5.79. The SMILES string of the molecule is CCOC(=O)N1CCCC(N2CCC(c3nccnc3N(C)C)CC2)CC1. The smallest absolute Gasteiger partial charge is 0.409 e. The Balaban J connectivity index is 1.54. The molecule has 0 radical (unpaired) electrons. The van der Waals surface area contributed by atoms with Gasteiger partial charge >= 0.3 is 6.09 Å². The number of piperidine rings is 1. The maximum Gasteiger partial charge on any atom is 0.409 e. The van der Waals surface area contributed by atoms with Gasteiger partial charge in [-0.05, 0) is 52.1 Å². The van der Waals surface area contributed by atoms with E-state index in [1.165, 1.54) is 0 Å². The molecule has 1 aromatic rings. The highest BCUT2D eigenvalue weighted by Crippen LogP contribution is 2.33. The standard InChI is InChI=1S/C20H33N5O2/c1-4-27-20(26)25-12-5-6-17(9-15-25)24-13-7-16(8-14-24)18-19(23(2)3)22-11-10-21-18/h10-11,16-17H,4-9,12-15H2,1-3H3. The minimum atomic E-state index is -0.157. The number of nitrogens with zero attached hydrogens (tertiary/aromatic N) is 5. The molecule has 150 valence electrons. The van der Waals surface area contributed by atoms with Gasteiger partial charge < -0.3 is 19.4 Å². The molecule has 2 fully saturated rings. The Morgan fingerprint density at radius 2 is 1.85 bits per heavy atom. The Morgan fingerprint density at radius 1 is 1.11 bits per heavy atom. The summed E-state index contributed by atoms with van der Waals surface area (Å²) in [6, 6.07) is 0.570. The molecule has 1 atom stereocenters. The summed E-state index contributed by atoms with van der Waals surface area (Å²) in [5.41, 5.74) is 1.14. The van der Waals surface area contributed by atoms with Crippen molar-refractivity contribution in [1.82, 2.24) is 19.8 Å². The number of ether oxygens (including phenoxy) is 1. The van der Waals surface area contributed by atoms with Gasteiger partial charge in [-0.2, -0.15) is 0 Å². The summed E-state index contributed by atoms with van der Waals surface area (Å²) in [6.07, 6.45) is 8.93. The first-order chi connectivity index (χ1) is 13.1. The van der Waals surface area contributed by atoms with Crippen LogP contribution in [0.2, 0.25) is 0 Å². The number of likely N-dealkylation sites (tertiary alicyclic amines) is 2.